The van der Waals surface area contributed by atoms with Crippen LogP contribution >= 0.6 is 0 Å². The van der Waals surface area contributed by atoms with E-state index in [9.17, 15) is 14.9 Å². The molecule has 1 aromatic heterocycles. The van der Waals surface area contributed by atoms with Crippen molar-refractivity contribution >= 4 is 11.7 Å². The van der Waals surface area contributed by atoms with E-state index in [1.54, 1.807) is 24.3 Å². The molecule has 0 unspecified atom stereocenters. The fourth-order valence-corrected chi connectivity index (χ4v) is 1.65. The molecule has 0 saturated heterocycles. The van der Waals surface area contributed by atoms with Crippen LogP contribution in [0.2, 0.25) is 0 Å². The summed E-state index contributed by atoms with van der Waals surface area (Å²) in [5.41, 5.74) is -0.479. The van der Waals surface area contributed by atoms with Crippen LogP contribution in [-0.4, -0.2) is 23.0 Å². The van der Waals surface area contributed by atoms with Crippen molar-refractivity contribution in [1.29, 1.82) is 5.26 Å². The zero-order valence-corrected chi connectivity index (χ0v) is 11.3. The predicted molar refractivity (Wildman–Crippen MR) is 73.5 cm³/mol. The fraction of sp³-hybridized carbons (Fsp3) is 0.0714. The maximum atomic E-state index is 11.4. The van der Waals surface area contributed by atoms with E-state index in [1.165, 1.54) is 19.2 Å². The molecule has 8 heteroatoms. The Morgan fingerprint density at radius 1 is 1.36 bits per heavy atom. The van der Waals surface area contributed by atoms with E-state index in [4.69, 9.17) is 10.00 Å². The van der Waals surface area contributed by atoms with Crippen LogP contribution in [0.4, 0.5) is 5.69 Å². The van der Waals surface area contributed by atoms with Crippen LogP contribution < -0.4 is 4.74 Å². The van der Waals surface area contributed by atoms with Gasteiger partial charge in [0.15, 0.2) is 0 Å². The number of benzene rings is 1. The Morgan fingerprint density at radius 3 is 2.77 bits per heavy atom. The molecule has 0 aliphatic carbocycles. The van der Waals surface area contributed by atoms with Crippen molar-refractivity contribution < 1.29 is 19.2 Å². The summed E-state index contributed by atoms with van der Waals surface area (Å²) in [5.74, 6) is -0.239. The number of hydrogen-bond acceptors (Lipinski definition) is 7. The highest BCUT2D eigenvalue weighted by Crippen LogP contribution is 2.24. The van der Waals surface area contributed by atoms with E-state index in [2.05, 4.69) is 9.72 Å². The molecule has 1 aromatic carbocycles. The summed E-state index contributed by atoms with van der Waals surface area (Å²) >= 11 is 0. The summed E-state index contributed by atoms with van der Waals surface area (Å²) in [5, 5.41) is 19.6. The van der Waals surface area contributed by atoms with Crippen molar-refractivity contribution in [3.8, 4) is 17.7 Å². The highest BCUT2D eigenvalue weighted by Gasteiger charge is 2.16. The van der Waals surface area contributed by atoms with Gasteiger partial charge in [-0.2, -0.15) is 10.2 Å². The number of nitrogens with zero attached hydrogens (tertiary/aromatic N) is 3. The Kier molecular flexibility index (Phi) is 4.29. The molecule has 8 nitrogen and oxygen atoms in total. The Morgan fingerprint density at radius 2 is 2.14 bits per heavy atom. The summed E-state index contributed by atoms with van der Waals surface area (Å²) < 4.78 is 9.99. The molecule has 0 fully saturated rings. The minimum atomic E-state index is -0.701. The SMILES string of the molecule is COC(=O)c1cccc(Oc2ccc([N+](=O)[O-])c(C#N)n2)c1. The molecule has 0 atom stereocenters. The van der Waals surface area contributed by atoms with Crippen molar-refractivity contribution in [2.45, 2.75) is 0 Å². The van der Waals surface area contributed by atoms with Gasteiger partial charge in [-0.15, -0.1) is 0 Å². The standard InChI is InChI=1S/C14H9N3O5/c1-21-14(18)9-3-2-4-10(7-9)22-13-6-5-12(17(19)20)11(8-15)16-13/h2-7H,1H3. The van der Waals surface area contributed by atoms with Gasteiger partial charge in [0, 0.05) is 12.1 Å². The summed E-state index contributed by atoms with van der Waals surface area (Å²) in [6.07, 6.45) is 0. The number of esters is 1. The number of carbonyl (C=O) groups is 1. The summed E-state index contributed by atoms with van der Waals surface area (Å²) in [6.45, 7) is 0. The van der Waals surface area contributed by atoms with E-state index >= 15 is 0 Å². The van der Waals surface area contributed by atoms with Crippen LogP contribution in [0.25, 0.3) is 0 Å². The number of hydrogen-bond donors (Lipinski definition) is 0. The van der Waals surface area contributed by atoms with Crippen molar-refractivity contribution in [2.75, 3.05) is 7.11 Å². The average molecular weight is 299 g/mol. The maximum absolute atomic E-state index is 11.4. The molecule has 0 aliphatic rings. The van der Waals surface area contributed by atoms with Gasteiger partial charge in [0.25, 0.3) is 0 Å². The molecule has 0 bridgehead atoms. The van der Waals surface area contributed by atoms with Gasteiger partial charge in [-0.1, -0.05) is 6.07 Å². The number of nitro groups is 1. The van der Waals surface area contributed by atoms with Gasteiger partial charge in [0.05, 0.1) is 17.6 Å². The monoisotopic (exact) mass is 299 g/mol. The molecular weight excluding hydrogens is 290 g/mol. The van der Waals surface area contributed by atoms with Gasteiger partial charge in [0.1, 0.15) is 11.8 Å². The number of carbonyl (C=O) groups excluding carboxylic acids is 1. The Balaban J connectivity index is 2.30. The third-order valence-corrected chi connectivity index (χ3v) is 2.63. The van der Waals surface area contributed by atoms with Crippen LogP contribution in [0.3, 0.4) is 0 Å². The molecule has 0 amide bonds. The van der Waals surface area contributed by atoms with Crippen LogP contribution in [-0.2, 0) is 4.74 Å². The Labute approximate surface area is 124 Å². The first kappa shape index (κ1) is 14.9. The first-order valence-electron chi connectivity index (χ1n) is 5.97. The van der Waals surface area contributed by atoms with E-state index in [0.29, 0.717) is 0 Å². The molecule has 22 heavy (non-hydrogen) atoms. The fourth-order valence-electron chi connectivity index (χ4n) is 1.65. The molecule has 110 valence electrons. The molecule has 2 aromatic rings. The van der Waals surface area contributed by atoms with Crippen molar-refractivity contribution in [3.63, 3.8) is 0 Å². The van der Waals surface area contributed by atoms with Crippen LogP contribution in [0.5, 0.6) is 11.6 Å². The lowest BCUT2D eigenvalue weighted by Crippen LogP contribution is -2.01. The molecule has 0 radical (unpaired) electrons. The largest absolute Gasteiger partial charge is 0.465 e. The topological polar surface area (TPSA) is 115 Å². The second kappa shape index (κ2) is 6.32. The third-order valence-electron chi connectivity index (χ3n) is 2.63. The average Bonchev–Trinajstić information content (AvgIpc) is 2.54. The third kappa shape index (κ3) is 3.16. The normalized spacial score (nSPS) is 9.64. The number of ether oxygens (including phenoxy) is 2. The molecule has 0 N–H and O–H groups in total. The number of nitriles is 1. The molecule has 0 saturated carbocycles. The Hall–Kier alpha value is -3.47. The van der Waals surface area contributed by atoms with Crippen LogP contribution in [0.15, 0.2) is 36.4 Å². The maximum Gasteiger partial charge on any atom is 0.337 e. The highest BCUT2D eigenvalue weighted by atomic mass is 16.6. The second-order valence-corrected chi connectivity index (χ2v) is 4.01. The van der Waals surface area contributed by atoms with Gasteiger partial charge < -0.3 is 9.47 Å². The van der Waals surface area contributed by atoms with Gasteiger partial charge in [-0.05, 0) is 18.2 Å². The zero-order valence-electron chi connectivity index (χ0n) is 11.3. The van der Waals surface area contributed by atoms with Crippen molar-refractivity contribution in [1.82, 2.24) is 4.98 Å². The van der Waals surface area contributed by atoms with E-state index < -0.39 is 16.6 Å². The quantitative estimate of drug-likeness (QED) is 0.483. The molecule has 2 rings (SSSR count). The first-order valence-corrected chi connectivity index (χ1v) is 5.97. The minimum Gasteiger partial charge on any atom is -0.465 e. The zero-order chi connectivity index (χ0) is 16.1. The van der Waals surface area contributed by atoms with Gasteiger partial charge in [-0.3, -0.25) is 10.1 Å². The minimum absolute atomic E-state index is 0.00386. The molecule has 0 spiro atoms. The van der Waals surface area contributed by atoms with Crippen molar-refractivity contribution in [3.05, 3.63) is 57.8 Å². The second-order valence-electron chi connectivity index (χ2n) is 4.01. The van der Waals surface area contributed by atoms with Gasteiger partial charge >= 0.3 is 11.7 Å². The van der Waals surface area contributed by atoms with E-state index in [-0.39, 0.29) is 22.9 Å². The summed E-state index contributed by atoms with van der Waals surface area (Å²) in [7, 11) is 1.26. The number of pyridine rings is 1. The number of rotatable bonds is 4. The van der Waals surface area contributed by atoms with E-state index in [0.717, 1.165) is 6.07 Å². The van der Waals surface area contributed by atoms with Crippen molar-refractivity contribution in [2.24, 2.45) is 0 Å². The smallest absolute Gasteiger partial charge is 0.337 e. The number of methoxy groups -OCH3 is 1. The summed E-state index contributed by atoms with van der Waals surface area (Å²) in [6, 6.07) is 10.2. The lowest BCUT2D eigenvalue weighted by Gasteiger charge is -2.06. The van der Waals surface area contributed by atoms with Gasteiger partial charge in [-0.25, -0.2) is 4.79 Å². The lowest BCUT2D eigenvalue weighted by atomic mass is 10.2. The van der Waals surface area contributed by atoms with Crippen LogP contribution in [0, 0.1) is 21.4 Å². The molecular formula is C14H9N3O5. The van der Waals surface area contributed by atoms with Crippen LogP contribution in [0.1, 0.15) is 16.1 Å². The van der Waals surface area contributed by atoms with Gasteiger partial charge in [0.2, 0.25) is 11.6 Å². The highest BCUT2D eigenvalue weighted by molar-refractivity contribution is 5.89. The first-order chi connectivity index (χ1) is 10.5. The predicted octanol–water partition coefficient (Wildman–Crippen LogP) is 2.44. The van der Waals surface area contributed by atoms with E-state index in [1.807, 2.05) is 0 Å². The lowest BCUT2D eigenvalue weighted by molar-refractivity contribution is -0.385. The molecule has 1 heterocycles. The summed E-state index contributed by atoms with van der Waals surface area (Å²) in [4.78, 5) is 25.2. The Bertz CT molecular complexity index is 782. The number of aromatic nitrogens is 1. The molecule has 0 aliphatic heterocycles.